The van der Waals surface area contributed by atoms with Crippen LogP contribution in [0.1, 0.15) is 35.6 Å². The van der Waals surface area contributed by atoms with Crippen molar-refractivity contribution >= 4 is 11.7 Å². The number of carbonyl (C=O) groups is 1. The highest BCUT2D eigenvalue weighted by molar-refractivity contribution is 5.76. The average Bonchev–Trinajstić information content (AvgIpc) is 2.78. The fraction of sp³-hybridized carbons (Fsp3) is 0.682. The van der Waals surface area contributed by atoms with Crippen LogP contribution in [0.15, 0.2) is 12.1 Å². The van der Waals surface area contributed by atoms with Crippen molar-refractivity contribution in [2.24, 2.45) is 0 Å². The van der Waals surface area contributed by atoms with Gasteiger partial charge in [-0.05, 0) is 48.1 Å². The fourth-order valence-electron chi connectivity index (χ4n) is 5.14. The highest BCUT2D eigenvalue weighted by Gasteiger charge is 2.39. The zero-order chi connectivity index (χ0) is 20.0. The van der Waals surface area contributed by atoms with Crippen LogP contribution in [0.3, 0.4) is 0 Å². The molecule has 5 heterocycles. The van der Waals surface area contributed by atoms with Crippen molar-refractivity contribution in [3.8, 4) is 0 Å². The van der Waals surface area contributed by atoms with Crippen LogP contribution in [0, 0.1) is 0 Å². The molecule has 29 heavy (non-hydrogen) atoms. The Bertz CT molecular complexity index is 770. The first-order valence-electron chi connectivity index (χ1n) is 10.9. The number of fused-ring (bicyclic) bond motifs is 4. The summed E-state index contributed by atoms with van der Waals surface area (Å²) in [6, 6.07) is 5.19. The Morgan fingerprint density at radius 3 is 2.79 bits per heavy atom. The zero-order valence-electron chi connectivity index (χ0n) is 17.5. The predicted octanol–water partition coefficient (Wildman–Crippen LogP) is 1.75. The number of piperidine rings is 1. The van der Waals surface area contributed by atoms with Crippen LogP contribution in [0.5, 0.6) is 0 Å². The summed E-state index contributed by atoms with van der Waals surface area (Å²) in [6.45, 7) is 5.22. The molecule has 1 aromatic rings. The molecule has 0 spiro atoms. The number of nitrogens with zero attached hydrogens (tertiary/aromatic N) is 3. The van der Waals surface area contributed by atoms with E-state index < -0.39 is 0 Å². The minimum Gasteiger partial charge on any atom is -0.378 e. The maximum Gasteiger partial charge on any atom is 0.320 e. The second kappa shape index (κ2) is 7.78. The molecule has 3 atom stereocenters. The topological polar surface area (TPSA) is 57.3 Å². The van der Waals surface area contributed by atoms with Crippen LogP contribution < -0.4 is 10.2 Å². The second-order valence-corrected chi connectivity index (χ2v) is 8.94. The summed E-state index contributed by atoms with van der Waals surface area (Å²) in [6.07, 6.45) is 3.29. The van der Waals surface area contributed by atoms with Gasteiger partial charge < -0.3 is 29.5 Å². The molecule has 0 aliphatic carbocycles. The van der Waals surface area contributed by atoms with E-state index in [0.29, 0.717) is 19.8 Å². The fourth-order valence-corrected chi connectivity index (χ4v) is 5.14. The van der Waals surface area contributed by atoms with Crippen LogP contribution in [-0.2, 0) is 22.4 Å². The van der Waals surface area contributed by atoms with E-state index in [2.05, 4.69) is 41.3 Å². The Morgan fingerprint density at radius 1 is 1.24 bits per heavy atom. The summed E-state index contributed by atoms with van der Waals surface area (Å²) in [7, 11) is 4.17. The SMILES string of the molecule is CN(C)c1cc2c(c([C@@H]3COCCN3)c1)CN(C(=O)N1CC3CCC1CO3)CC2. The number of benzene rings is 1. The van der Waals surface area contributed by atoms with Crippen molar-refractivity contribution in [3.63, 3.8) is 0 Å². The molecular formula is C22H32N4O3. The number of hydrogen-bond donors (Lipinski definition) is 1. The second-order valence-electron chi connectivity index (χ2n) is 8.94. The van der Waals surface area contributed by atoms with Crippen LogP contribution in [0.2, 0.25) is 0 Å². The van der Waals surface area contributed by atoms with Crippen LogP contribution in [0.4, 0.5) is 10.5 Å². The first-order valence-corrected chi connectivity index (χ1v) is 10.9. The standard InChI is InChI=1S/C22H32N4O3/c1-24(2)17-9-15-5-7-25(22(27)26-11-18-4-3-16(26)13-29-18)12-20(15)19(10-17)21-14-28-8-6-23-21/h9-10,16,18,21,23H,3-8,11-14H2,1-2H3/t16?,18?,21-/m0/s1. The summed E-state index contributed by atoms with van der Waals surface area (Å²) in [4.78, 5) is 19.6. The van der Waals surface area contributed by atoms with Crippen LogP contribution in [-0.4, -0.2) is 81.5 Å². The van der Waals surface area contributed by atoms with Crippen molar-refractivity contribution in [2.45, 2.75) is 44.0 Å². The number of morpholine rings is 2. The molecule has 0 saturated carbocycles. The normalized spacial score (nSPS) is 29.0. The Morgan fingerprint density at radius 2 is 2.14 bits per heavy atom. The number of hydrogen-bond acceptors (Lipinski definition) is 5. The molecule has 2 amide bonds. The molecule has 0 aromatic heterocycles. The van der Waals surface area contributed by atoms with Gasteiger partial charge in [-0.3, -0.25) is 0 Å². The van der Waals surface area contributed by atoms with Crippen LogP contribution in [0.25, 0.3) is 0 Å². The molecular weight excluding hydrogens is 368 g/mol. The maximum atomic E-state index is 13.4. The lowest BCUT2D eigenvalue weighted by atomic mass is 9.90. The first kappa shape index (κ1) is 19.2. The van der Waals surface area contributed by atoms with E-state index in [1.54, 1.807) is 0 Å². The summed E-state index contributed by atoms with van der Waals surface area (Å²) in [5, 5.41) is 3.61. The number of urea groups is 1. The van der Waals surface area contributed by atoms with E-state index in [1.165, 1.54) is 22.4 Å². The molecule has 7 nitrogen and oxygen atoms in total. The lowest BCUT2D eigenvalue weighted by Gasteiger charge is -2.47. The molecule has 6 rings (SSSR count). The van der Waals surface area contributed by atoms with Gasteiger partial charge in [0.05, 0.1) is 38.0 Å². The van der Waals surface area contributed by atoms with Crippen molar-refractivity contribution in [1.29, 1.82) is 0 Å². The molecule has 1 aromatic carbocycles. The largest absolute Gasteiger partial charge is 0.378 e. The van der Waals surface area contributed by atoms with E-state index in [4.69, 9.17) is 9.47 Å². The average molecular weight is 401 g/mol. The first-order chi connectivity index (χ1) is 14.1. The van der Waals surface area contributed by atoms with Gasteiger partial charge in [-0.15, -0.1) is 0 Å². The van der Waals surface area contributed by atoms with E-state index in [0.717, 1.165) is 45.5 Å². The smallest absolute Gasteiger partial charge is 0.320 e. The van der Waals surface area contributed by atoms with Gasteiger partial charge in [0, 0.05) is 46.0 Å². The van der Waals surface area contributed by atoms with Crippen molar-refractivity contribution in [1.82, 2.24) is 15.1 Å². The summed E-state index contributed by atoms with van der Waals surface area (Å²) < 4.78 is 11.5. The third-order valence-corrected chi connectivity index (χ3v) is 6.88. The monoisotopic (exact) mass is 400 g/mol. The number of amides is 2. The van der Waals surface area contributed by atoms with E-state index >= 15 is 0 Å². The third kappa shape index (κ3) is 3.60. The van der Waals surface area contributed by atoms with Gasteiger partial charge in [0.15, 0.2) is 0 Å². The van der Waals surface area contributed by atoms with Gasteiger partial charge in [-0.1, -0.05) is 0 Å². The highest BCUT2D eigenvalue weighted by Crippen LogP contribution is 2.34. The van der Waals surface area contributed by atoms with Gasteiger partial charge in [0.25, 0.3) is 0 Å². The highest BCUT2D eigenvalue weighted by atomic mass is 16.5. The Hall–Kier alpha value is -1.83. The minimum atomic E-state index is 0.184. The number of carbonyl (C=O) groups excluding carboxylic acids is 1. The molecule has 1 N–H and O–H groups in total. The molecule has 5 aliphatic rings. The number of ether oxygens (including phenoxy) is 2. The van der Waals surface area contributed by atoms with E-state index in [9.17, 15) is 4.79 Å². The van der Waals surface area contributed by atoms with Crippen molar-refractivity contribution in [3.05, 3.63) is 28.8 Å². The molecule has 5 aliphatic heterocycles. The summed E-state index contributed by atoms with van der Waals surface area (Å²) in [5.41, 5.74) is 5.17. The number of anilines is 1. The lowest BCUT2D eigenvalue weighted by Crippen LogP contribution is -2.60. The van der Waals surface area contributed by atoms with Crippen molar-refractivity contribution < 1.29 is 14.3 Å². The Kier molecular flexibility index (Phi) is 5.14. The number of rotatable bonds is 2. The molecule has 2 unspecified atom stereocenters. The molecule has 4 saturated heterocycles. The quantitative estimate of drug-likeness (QED) is 0.820. The number of nitrogens with one attached hydrogen (secondary N) is 1. The molecule has 0 radical (unpaired) electrons. The maximum absolute atomic E-state index is 13.4. The van der Waals surface area contributed by atoms with Gasteiger partial charge in [-0.25, -0.2) is 4.79 Å². The minimum absolute atomic E-state index is 0.184. The lowest BCUT2D eigenvalue weighted by molar-refractivity contribution is -0.0923. The molecule has 4 fully saturated rings. The third-order valence-electron chi connectivity index (χ3n) is 6.88. The van der Waals surface area contributed by atoms with E-state index in [1.807, 2.05) is 4.90 Å². The molecule has 7 heteroatoms. The van der Waals surface area contributed by atoms with Crippen molar-refractivity contribution in [2.75, 3.05) is 58.5 Å². The van der Waals surface area contributed by atoms with Crippen LogP contribution >= 0.6 is 0 Å². The Balaban J connectivity index is 1.42. The Labute approximate surface area is 172 Å². The summed E-state index contributed by atoms with van der Waals surface area (Å²) >= 11 is 0. The zero-order valence-corrected chi connectivity index (χ0v) is 17.5. The van der Waals surface area contributed by atoms with Gasteiger partial charge in [-0.2, -0.15) is 0 Å². The molecule has 158 valence electrons. The summed E-state index contributed by atoms with van der Waals surface area (Å²) in [5.74, 6) is 0. The van der Waals surface area contributed by atoms with E-state index in [-0.39, 0.29) is 24.2 Å². The molecule has 2 bridgehead atoms. The van der Waals surface area contributed by atoms with Gasteiger partial charge in [0.2, 0.25) is 0 Å². The van der Waals surface area contributed by atoms with Gasteiger partial charge >= 0.3 is 6.03 Å². The predicted molar refractivity (Wildman–Crippen MR) is 111 cm³/mol. The van der Waals surface area contributed by atoms with Gasteiger partial charge in [0.1, 0.15) is 0 Å².